The molecule has 1 saturated heterocycles. The number of hydrogen-bond acceptors (Lipinski definition) is 3. The van der Waals surface area contributed by atoms with Crippen molar-refractivity contribution >= 4 is 5.91 Å². The number of benzene rings is 2. The number of imidazole rings is 1. The second-order valence-electron chi connectivity index (χ2n) is 7.59. The van der Waals surface area contributed by atoms with Crippen molar-refractivity contribution < 1.29 is 9.53 Å². The minimum atomic E-state index is 0.0230. The fourth-order valence-corrected chi connectivity index (χ4v) is 4.26. The van der Waals surface area contributed by atoms with Gasteiger partial charge in [-0.05, 0) is 42.9 Å². The van der Waals surface area contributed by atoms with Gasteiger partial charge in [0.05, 0.1) is 11.4 Å². The number of aromatic nitrogens is 2. The Bertz CT molecular complexity index is 988. The molecule has 1 amide bonds. The Morgan fingerprint density at radius 3 is 2.61 bits per heavy atom. The lowest BCUT2D eigenvalue weighted by atomic mass is 9.90. The first-order valence-electron chi connectivity index (χ1n) is 9.91. The van der Waals surface area contributed by atoms with Gasteiger partial charge in [-0.2, -0.15) is 0 Å². The Hall–Kier alpha value is -3.08. The summed E-state index contributed by atoms with van der Waals surface area (Å²) in [4.78, 5) is 19.5. The van der Waals surface area contributed by atoms with Gasteiger partial charge in [-0.3, -0.25) is 9.36 Å². The molecule has 0 atom stereocenters. The molecule has 28 heavy (non-hydrogen) atoms. The Labute approximate surface area is 164 Å². The van der Waals surface area contributed by atoms with Crippen LogP contribution in [0, 0.1) is 5.92 Å². The van der Waals surface area contributed by atoms with E-state index in [4.69, 9.17) is 4.74 Å². The SMILES string of the molecule is O=C(c1ncn2c1COc1ccccc1-2)N1CCC(Cc2ccccc2)CC1. The van der Waals surface area contributed by atoms with Gasteiger partial charge in [-0.1, -0.05) is 42.5 Å². The standard InChI is InChI=1S/C23H23N3O2/c27-23(25-12-10-18(11-13-25)14-17-6-2-1-3-7-17)22-20-15-28-21-9-5-4-8-19(21)26(20)16-24-22/h1-9,16,18H,10-15H2. The van der Waals surface area contributed by atoms with Gasteiger partial charge in [0.2, 0.25) is 0 Å². The average Bonchev–Trinajstić information content (AvgIpc) is 3.19. The van der Waals surface area contributed by atoms with Crippen molar-refractivity contribution in [1.82, 2.24) is 14.5 Å². The molecule has 0 aliphatic carbocycles. The van der Waals surface area contributed by atoms with E-state index in [1.807, 2.05) is 33.7 Å². The average molecular weight is 373 g/mol. The summed E-state index contributed by atoms with van der Waals surface area (Å²) in [6.07, 6.45) is 4.91. The zero-order valence-corrected chi connectivity index (χ0v) is 15.8. The first-order valence-corrected chi connectivity index (χ1v) is 9.91. The van der Waals surface area contributed by atoms with Crippen LogP contribution >= 0.6 is 0 Å². The lowest BCUT2D eigenvalue weighted by Gasteiger charge is -2.32. The Morgan fingerprint density at radius 2 is 1.79 bits per heavy atom. The molecular formula is C23H23N3O2. The van der Waals surface area contributed by atoms with E-state index in [0.717, 1.165) is 49.5 Å². The van der Waals surface area contributed by atoms with Crippen molar-refractivity contribution in [3.63, 3.8) is 0 Å². The quantitative estimate of drug-likeness (QED) is 0.700. The van der Waals surface area contributed by atoms with Gasteiger partial charge < -0.3 is 9.64 Å². The molecule has 5 rings (SSSR count). The summed E-state index contributed by atoms with van der Waals surface area (Å²) in [6.45, 7) is 1.96. The van der Waals surface area contributed by atoms with Crippen LogP contribution in [0.15, 0.2) is 60.9 Å². The van der Waals surface area contributed by atoms with Crippen LogP contribution in [0.2, 0.25) is 0 Å². The molecule has 1 aromatic heterocycles. The second-order valence-corrected chi connectivity index (χ2v) is 7.59. The van der Waals surface area contributed by atoms with Crippen molar-refractivity contribution in [2.75, 3.05) is 13.1 Å². The third kappa shape index (κ3) is 3.07. The fraction of sp³-hybridized carbons (Fsp3) is 0.304. The number of fused-ring (bicyclic) bond motifs is 3. The van der Waals surface area contributed by atoms with Gasteiger partial charge in [0.25, 0.3) is 5.91 Å². The number of piperidine rings is 1. The summed E-state index contributed by atoms with van der Waals surface area (Å²) in [7, 11) is 0. The highest BCUT2D eigenvalue weighted by atomic mass is 16.5. The number of ether oxygens (including phenoxy) is 1. The van der Waals surface area contributed by atoms with Crippen LogP contribution in [0.4, 0.5) is 0 Å². The van der Waals surface area contributed by atoms with E-state index in [2.05, 4.69) is 35.3 Å². The molecule has 0 unspecified atom stereocenters. The number of hydrogen-bond donors (Lipinski definition) is 0. The van der Waals surface area contributed by atoms with E-state index in [9.17, 15) is 4.79 Å². The Kier molecular flexibility index (Phi) is 4.35. The number of carbonyl (C=O) groups is 1. The first-order chi connectivity index (χ1) is 13.8. The summed E-state index contributed by atoms with van der Waals surface area (Å²) in [5.41, 5.74) is 3.69. The molecule has 2 aliphatic rings. The molecule has 5 heteroatoms. The van der Waals surface area contributed by atoms with Gasteiger partial charge in [-0.25, -0.2) is 4.98 Å². The van der Waals surface area contributed by atoms with Crippen LogP contribution < -0.4 is 4.74 Å². The summed E-state index contributed by atoms with van der Waals surface area (Å²) in [5.74, 6) is 1.49. The highest BCUT2D eigenvalue weighted by molar-refractivity contribution is 5.93. The summed E-state index contributed by atoms with van der Waals surface area (Å²) >= 11 is 0. The molecule has 0 bridgehead atoms. The smallest absolute Gasteiger partial charge is 0.274 e. The minimum Gasteiger partial charge on any atom is -0.485 e. The zero-order valence-electron chi connectivity index (χ0n) is 15.8. The van der Waals surface area contributed by atoms with Gasteiger partial charge >= 0.3 is 0 Å². The summed E-state index contributed by atoms with van der Waals surface area (Å²) in [6, 6.07) is 18.5. The summed E-state index contributed by atoms with van der Waals surface area (Å²) < 4.78 is 7.82. The molecule has 2 aliphatic heterocycles. The topological polar surface area (TPSA) is 47.4 Å². The van der Waals surface area contributed by atoms with Crippen LogP contribution in [-0.4, -0.2) is 33.4 Å². The number of para-hydroxylation sites is 2. The van der Waals surface area contributed by atoms with Gasteiger partial charge in [0.15, 0.2) is 5.69 Å². The van der Waals surface area contributed by atoms with Crippen molar-refractivity contribution in [1.29, 1.82) is 0 Å². The van der Waals surface area contributed by atoms with E-state index in [0.29, 0.717) is 18.2 Å². The minimum absolute atomic E-state index is 0.0230. The van der Waals surface area contributed by atoms with E-state index in [1.54, 1.807) is 6.33 Å². The number of likely N-dealkylation sites (tertiary alicyclic amines) is 1. The Balaban J connectivity index is 1.28. The highest BCUT2D eigenvalue weighted by Gasteiger charge is 2.29. The maximum Gasteiger partial charge on any atom is 0.274 e. The molecule has 3 aromatic rings. The maximum atomic E-state index is 13.1. The number of nitrogens with zero attached hydrogens (tertiary/aromatic N) is 3. The largest absolute Gasteiger partial charge is 0.485 e. The number of rotatable bonds is 3. The molecule has 0 radical (unpaired) electrons. The predicted octanol–water partition coefficient (Wildman–Crippen LogP) is 3.86. The lowest BCUT2D eigenvalue weighted by molar-refractivity contribution is 0.0681. The molecule has 0 saturated carbocycles. The fourth-order valence-electron chi connectivity index (χ4n) is 4.26. The second kappa shape index (κ2) is 7.15. The van der Waals surface area contributed by atoms with Crippen LogP contribution in [0.5, 0.6) is 5.75 Å². The zero-order chi connectivity index (χ0) is 18.9. The predicted molar refractivity (Wildman–Crippen MR) is 107 cm³/mol. The van der Waals surface area contributed by atoms with E-state index >= 15 is 0 Å². The van der Waals surface area contributed by atoms with Gasteiger partial charge in [0.1, 0.15) is 18.7 Å². The van der Waals surface area contributed by atoms with Crippen LogP contribution in [-0.2, 0) is 13.0 Å². The van der Waals surface area contributed by atoms with Crippen LogP contribution in [0.3, 0.4) is 0 Å². The van der Waals surface area contributed by atoms with E-state index < -0.39 is 0 Å². The van der Waals surface area contributed by atoms with Crippen molar-refractivity contribution in [3.05, 3.63) is 77.9 Å². The highest BCUT2D eigenvalue weighted by Crippen LogP contribution is 2.31. The molecule has 142 valence electrons. The lowest BCUT2D eigenvalue weighted by Crippen LogP contribution is -2.39. The van der Waals surface area contributed by atoms with Gasteiger partial charge in [-0.15, -0.1) is 0 Å². The number of amides is 1. The van der Waals surface area contributed by atoms with Crippen LogP contribution in [0.1, 0.15) is 34.6 Å². The van der Waals surface area contributed by atoms with Crippen molar-refractivity contribution in [3.8, 4) is 11.4 Å². The molecule has 1 fully saturated rings. The van der Waals surface area contributed by atoms with Crippen molar-refractivity contribution in [2.24, 2.45) is 5.92 Å². The third-order valence-corrected chi connectivity index (χ3v) is 5.83. The van der Waals surface area contributed by atoms with Crippen LogP contribution in [0.25, 0.3) is 5.69 Å². The van der Waals surface area contributed by atoms with Crippen molar-refractivity contribution in [2.45, 2.75) is 25.9 Å². The molecule has 3 heterocycles. The van der Waals surface area contributed by atoms with Gasteiger partial charge in [0, 0.05) is 13.1 Å². The summed E-state index contributed by atoms with van der Waals surface area (Å²) in [5, 5.41) is 0. The molecule has 5 nitrogen and oxygen atoms in total. The Morgan fingerprint density at radius 1 is 1.04 bits per heavy atom. The monoisotopic (exact) mass is 373 g/mol. The molecule has 0 spiro atoms. The van der Waals surface area contributed by atoms with E-state index in [-0.39, 0.29) is 5.91 Å². The first kappa shape index (κ1) is 17.0. The third-order valence-electron chi connectivity index (χ3n) is 5.83. The number of carbonyl (C=O) groups excluding carboxylic acids is 1. The molecule has 0 N–H and O–H groups in total. The maximum absolute atomic E-state index is 13.1. The van der Waals surface area contributed by atoms with E-state index in [1.165, 1.54) is 5.56 Å². The molecular weight excluding hydrogens is 350 g/mol. The molecule has 2 aromatic carbocycles. The normalized spacial score (nSPS) is 16.2.